The fourth-order valence-corrected chi connectivity index (χ4v) is 6.70. The number of piperidine rings is 1. The number of tetrazole rings is 1. The second-order valence-corrected chi connectivity index (χ2v) is 13.8. The van der Waals surface area contributed by atoms with Crippen LogP contribution in [-0.2, 0) is 33.9 Å². The first-order chi connectivity index (χ1) is 23.7. The fourth-order valence-electron chi connectivity index (χ4n) is 6.70. The summed E-state index contributed by atoms with van der Waals surface area (Å²) in [5, 5.41) is 13.7. The molecule has 0 amide bonds. The van der Waals surface area contributed by atoms with Crippen LogP contribution in [0.1, 0.15) is 56.0 Å². The van der Waals surface area contributed by atoms with Crippen molar-refractivity contribution in [1.82, 2.24) is 29.7 Å². The van der Waals surface area contributed by atoms with Crippen molar-refractivity contribution in [2.45, 2.75) is 65.3 Å². The molecule has 3 aromatic carbocycles. The van der Waals surface area contributed by atoms with Crippen LogP contribution in [-0.4, -0.2) is 73.5 Å². The highest BCUT2D eigenvalue weighted by atomic mass is 16.6. The molecule has 0 atom stereocenters. The van der Waals surface area contributed by atoms with Crippen LogP contribution in [0.25, 0.3) is 33.4 Å². The van der Waals surface area contributed by atoms with E-state index < -0.39 is 11.6 Å². The zero-order chi connectivity index (χ0) is 34.0. The number of aryl methyl sites for hydroxylation is 1. The third kappa shape index (κ3) is 7.36. The van der Waals surface area contributed by atoms with Crippen LogP contribution >= 0.6 is 0 Å². The van der Waals surface area contributed by atoms with E-state index >= 15 is 0 Å². The maximum Gasteiger partial charge on any atom is 0.344 e. The van der Waals surface area contributed by atoms with Crippen molar-refractivity contribution < 1.29 is 23.8 Å². The summed E-state index contributed by atoms with van der Waals surface area (Å²) in [6.07, 6.45) is 2.89. The number of ether oxygens (including phenoxy) is 3. The van der Waals surface area contributed by atoms with Gasteiger partial charge in [-0.25, -0.2) is 9.59 Å². The molecule has 2 aliphatic heterocycles. The Balaban J connectivity index is 0.928. The lowest BCUT2D eigenvalue weighted by Gasteiger charge is -2.31. The van der Waals surface area contributed by atoms with Gasteiger partial charge in [0.25, 0.3) is 0 Å². The highest BCUT2D eigenvalue weighted by Gasteiger charge is 2.28. The lowest BCUT2D eigenvalue weighted by Crippen LogP contribution is -2.35. The molecule has 2 aliphatic rings. The van der Waals surface area contributed by atoms with Crippen LogP contribution in [0.5, 0.6) is 5.88 Å². The lowest BCUT2D eigenvalue weighted by atomic mass is 9.96. The molecule has 1 fully saturated rings. The van der Waals surface area contributed by atoms with Gasteiger partial charge in [-0.3, -0.25) is 4.90 Å². The Morgan fingerprint density at radius 2 is 1.65 bits per heavy atom. The summed E-state index contributed by atoms with van der Waals surface area (Å²) in [7, 11) is 0. The molecule has 254 valence electrons. The first kappa shape index (κ1) is 32.5. The van der Waals surface area contributed by atoms with E-state index in [2.05, 4.69) is 49.1 Å². The number of likely N-dealkylation sites (tertiary alicyclic amines) is 1. The average molecular weight is 663 g/mol. The van der Waals surface area contributed by atoms with E-state index in [1.807, 2.05) is 69.3 Å². The van der Waals surface area contributed by atoms with Crippen molar-refractivity contribution in [2.24, 2.45) is 5.92 Å². The Labute approximate surface area is 285 Å². The smallest absolute Gasteiger partial charge is 0.344 e. The first-order valence-electron chi connectivity index (χ1n) is 17.0. The van der Waals surface area contributed by atoms with Crippen LogP contribution in [0.4, 0.5) is 0 Å². The van der Waals surface area contributed by atoms with E-state index in [0.717, 1.165) is 73.0 Å². The molecule has 4 heterocycles. The van der Waals surface area contributed by atoms with Gasteiger partial charge in [0.05, 0.1) is 18.7 Å². The first-order valence-corrected chi connectivity index (χ1v) is 17.0. The third-order valence-electron chi connectivity index (χ3n) is 9.03. The molecule has 0 aliphatic carbocycles. The van der Waals surface area contributed by atoms with E-state index in [-0.39, 0.29) is 12.5 Å². The zero-order valence-corrected chi connectivity index (χ0v) is 28.3. The molecule has 0 bridgehead atoms. The minimum Gasteiger partial charge on any atom is -0.478 e. The number of para-hydroxylation sites is 1. The van der Waals surface area contributed by atoms with Gasteiger partial charge in [-0.15, -0.1) is 10.2 Å². The Morgan fingerprint density at radius 1 is 0.918 bits per heavy atom. The summed E-state index contributed by atoms with van der Waals surface area (Å²) in [6, 6.07) is 24.5. The minimum absolute atomic E-state index is 0.105. The van der Waals surface area contributed by atoms with E-state index in [0.29, 0.717) is 36.4 Å². The number of carbonyl (C=O) groups is 2. The molecule has 5 aromatic rings. The van der Waals surface area contributed by atoms with Crippen molar-refractivity contribution in [3.05, 3.63) is 83.9 Å². The summed E-state index contributed by atoms with van der Waals surface area (Å²) in [6.45, 7) is 10.0. The molecular weight excluding hydrogens is 620 g/mol. The van der Waals surface area contributed by atoms with E-state index in [1.54, 1.807) is 0 Å². The van der Waals surface area contributed by atoms with Crippen molar-refractivity contribution >= 4 is 22.8 Å². The molecule has 7 rings (SSSR count). The number of aromatic nitrogens is 5. The third-order valence-corrected chi connectivity index (χ3v) is 9.03. The van der Waals surface area contributed by atoms with Gasteiger partial charge in [-0.1, -0.05) is 66.7 Å². The molecule has 0 N–H and O–H groups in total. The second kappa shape index (κ2) is 13.8. The van der Waals surface area contributed by atoms with Crippen LogP contribution in [0.15, 0.2) is 72.8 Å². The number of fused-ring (bicyclic) bond motifs is 3. The Kier molecular flexibility index (Phi) is 9.18. The average Bonchev–Trinajstić information content (AvgIpc) is 3.70. The zero-order valence-electron chi connectivity index (χ0n) is 28.3. The maximum atomic E-state index is 13.3. The van der Waals surface area contributed by atoms with Gasteiger partial charge in [-0.2, -0.15) is 4.80 Å². The Bertz CT molecular complexity index is 1950. The summed E-state index contributed by atoms with van der Waals surface area (Å²) in [5.41, 5.74) is 5.10. The summed E-state index contributed by atoms with van der Waals surface area (Å²) in [5.74, 6) is 0.717. The minimum atomic E-state index is -0.581. The van der Waals surface area contributed by atoms with Crippen LogP contribution in [0.2, 0.25) is 0 Å². The Morgan fingerprint density at radius 3 is 2.43 bits per heavy atom. The van der Waals surface area contributed by atoms with E-state index in [9.17, 15) is 9.59 Å². The van der Waals surface area contributed by atoms with Gasteiger partial charge in [0.1, 0.15) is 11.2 Å². The van der Waals surface area contributed by atoms with E-state index in [4.69, 9.17) is 14.2 Å². The SMILES string of the molecule is CC(C)(C)OC(=O)Cn1nnc(-c2ccccc2-c2ccc(CN3CCC(COC(=O)c4c5n(c6ccccc46)CCCO5)CC3)cc2)n1. The summed E-state index contributed by atoms with van der Waals surface area (Å²) >= 11 is 0. The summed E-state index contributed by atoms with van der Waals surface area (Å²) in [4.78, 5) is 29.3. The molecular formula is C38H42N6O5. The molecule has 11 nitrogen and oxygen atoms in total. The summed E-state index contributed by atoms with van der Waals surface area (Å²) < 4.78 is 19.3. The topological polar surface area (TPSA) is 114 Å². The molecule has 0 unspecified atom stereocenters. The number of hydrogen-bond donors (Lipinski definition) is 0. The number of rotatable bonds is 9. The van der Waals surface area contributed by atoms with Crippen molar-refractivity contribution in [1.29, 1.82) is 0 Å². The molecule has 2 aromatic heterocycles. The van der Waals surface area contributed by atoms with Crippen molar-refractivity contribution in [3.8, 4) is 28.4 Å². The van der Waals surface area contributed by atoms with Gasteiger partial charge in [0, 0.05) is 24.0 Å². The number of hydrogen-bond acceptors (Lipinski definition) is 9. The van der Waals surface area contributed by atoms with Gasteiger partial charge in [-0.05, 0) is 87.0 Å². The van der Waals surface area contributed by atoms with Gasteiger partial charge in [0.15, 0.2) is 6.54 Å². The molecule has 0 saturated carbocycles. The normalized spacial score (nSPS) is 15.5. The standard InChI is InChI=1S/C38H42N6O5/c1-38(2,3)49-33(45)24-44-40-35(39-41-44)30-10-5-4-9-29(30)28-15-13-26(14-16-28)23-42-20-17-27(18-21-42)25-48-37(46)34-31-11-6-7-12-32(31)43-19-8-22-47-36(34)43/h4-7,9-16,27H,8,17-25H2,1-3H3. The van der Waals surface area contributed by atoms with Crippen LogP contribution < -0.4 is 4.74 Å². The van der Waals surface area contributed by atoms with Crippen molar-refractivity contribution in [3.63, 3.8) is 0 Å². The number of nitrogens with zero attached hydrogens (tertiary/aromatic N) is 6. The highest BCUT2D eigenvalue weighted by Crippen LogP contribution is 2.35. The Hall–Kier alpha value is -5.03. The molecule has 0 radical (unpaired) electrons. The number of benzene rings is 3. The van der Waals surface area contributed by atoms with Gasteiger partial charge < -0.3 is 18.8 Å². The van der Waals surface area contributed by atoms with Gasteiger partial charge >= 0.3 is 11.9 Å². The van der Waals surface area contributed by atoms with Crippen LogP contribution in [0, 0.1) is 5.92 Å². The maximum absolute atomic E-state index is 13.3. The lowest BCUT2D eigenvalue weighted by molar-refractivity contribution is -0.156. The quantitative estimate of drug-likeness (QED) is 0.171. The second-order valence-electron chi connectivity index (χ2n) is 13.8. The number of carbonyl (C=O) groups excluding carboxylic acids is 2. The van der Waals surface area contributed by atoms with Gasteiger partial charge in [0.2, 0.25) is 11.7 Å². The largest absolute Gasteiger partial charge is 0.478 e. The van der Waals surface area contributed by atoms with E-state index in [1.165, 1.54) is 10.4 Å². The predicted octanol–water partition coefficient (Wildman–Crippen LogP) is 6.16. The van der Waals surface area contributed by atoms with Crippen molar-refractivity contribution in [2.75, 3.05) is 26.3 Å². The number of esters is 2. The fraction of sp³-hybridized carbons (Fsp3) is 0.395. The molecule has 49 heavy (non-hydrogen) atoms. The van der Waals surface area contributed by atoms with Crippen LogP contribution in [0.3, 0.4) is 0 Å². The predicted molar refractivity (Wildman–Crippen MR) is 185 cm³/mol. The highest BCUT2D eigenvalue weighted by molar-refractivity contribution is 6.07. The molecule has 1 saturated heterocycles. The molecule has 0 spiro atoms. The monoisotopic (exact) mass is 662 g/mol. The molecule has 11 heteroatoms.